The molecule has 3 aromatic rings. The van der Waals surface area contributed by atoms with Gasteiger partial charge >= 0.3 is 11.6 Å². The molecule has 0 spiro atoms. The number of halogens is 1. The van der Waals surface area contributed by atoms with E-state index in [0.29, 0.717) is 11.4 Å². The predicted molar refractivity (Wildman–Crippen MR) is 94.3 cm³/mol. The lowest BCUT2D eigenvalue weighted by atomic mass is 10.2. The van der Waals surface area contributed by atoms with E-state index in [1.54, 1.807) is 12.1 Å². The molecular formula is C18H15FN4O3. The van der Waals surface area contributed by atoms with E-state index in [4.69, 9.17) is 4.74 Å². The van der Waals surface area contributed by atoms with Crippen LogP contribution in [0.3, 0.4) is 0 Å². The number of nitrogens with one attached hydrogen (secondary N) is 1. The van der Waals surface area contributed by atoms with Gasteiger partial charge in [0.25, 0.3) is 0 Å². The van der Waals surface area contributed by atoms with Crippen molar-refractivity contribution in [2.24, 2.45) is 0 Å². The maximum Gasteiger partial charge on any atom is 0.373 e. The number of nitrogens with zero attached hydrogens (tertiary/aromatic N) is 3. The van der Waals surface area contributed by atoms with Crippen molar-refractivity contribution in [1.82, 2.24) is 9.97 Å². The van der Waals surface area contributed by atoms with Crippen molar-refractivity contribution in [1.29, 1.82) is 0 Å². The number of ether oxygens (including phenoxy) is 1. The van der Waals surface area contributed by atoms with Crippen LogP contribution in [-0.2, 0) is 6.42 Å². The van der Waals surface area contributed by atoms with Gasteiger partial charge in [-0.2, -0.15) is 4.98 Å². The Morgan fingerprint density at radius 2 is 1.81 bits per heavy atom. The van der Waals surface area contributed by atoms with Crippen molar-refractivity contribution in [3.05, 3.63) is 76.4 Å². The van der Waals surface area contributed by atoms with E-state index in [2.05, 4.69) is 15.3 Å². The predicted octanol–water partition coefficient (Wildman–Crippen LogP) is 4.62. The summed E-state index contributed by atoms with van der Waals surface area (Å²) in [6, 6.07) is 12.6. The summed E-state index contributed by atoms with van der Waals surface area (Å²) in [5.41, 5.74) is 1.16. The molecule has 1 heterocycles. The van der Waals surface area contributed by atoms with Crippen LogP contribution in [0.1, 0.15) is 12.5 Å². The molecule has 0 fully saturated rings. The molecule has 26 heavy (non-hydrogen) atoms. The monoisotopic (exact) mass is 354 g/mol. The molecule has 0 atom stereocenters. The lowest BCUT2D eigenvalue weighted by molar-refractivity contribution is -0.385. The molecule has 132 valence electrons. The molecule has 1 N–H and O–H groups in total. The number of rotatable bonds is 6. The van der Waals surface area contributed by atoms with Crippen LogP contribution in [0.4, 0.5) is 21.6 Å². The van der Waals surface area contributed by atoms with Gasteiger partial charge in [-0.1, -0.05) is 19.1 Å². The molecule has 0 aliphatic carbocycles. The minimum atomic E-state index is -0.623. The molecule has 0 saturated heterocycles. The topological polar surface area (TPSA) is 90.2 Å². The minimum Gasteiger partial charge on any atom is -0.434 e. The van der Waals surface area contributed by atoms with Crippen LogP contribution in [0.25, 0.3) is 0 Å². The standard InChI is InChI=1S/C18H15FN4O3/c1-2-12-3-9-15(10-4-12)26-18-16(23(24)25)17(20-11-21-18)22-14-7-5-13(19)6-8-14/h3-11H,2H2,1H3,(H,20,21,22). The molecule has 0 amide bonds. The first-order valence-corrected chi connectivity index (χ1v) is 7.85. The van der Waals surface area contributed by atoms with Gasteiger partial charge in [0.2, 0.25) is 5.82 Å². The summed E-state index contributed by atoms with van der Waals surface area (Å²) in [4.78, 5) is 18.7. The second kappa shape index (κ2) is 7.56. The Bertz CT molecular complexity index is 915. The second-order valence-corrected chi connectivity index (χ2v) is 5.36. The third-order valence-corrected chi connectivity index (χ3v) is 3.62. The van der Waals surface area contributed by atoms with Crippen molar-refractivity contribution in [2.45, 2.75) is 13.3 Å². The van der Waals surface area contributed by atoms with E-state index in [0.717, 1.165) is 18.3 Å². The number of nitro groups is 1. The number of hydrogen-bond acceptors (Lipinski definition) is 6. The van der Waals surface area contributed by atoms with E-state index in [1.165, 1.54) is 24.3 Å². The highest BCUT2D eigenvalue weighted by molar-refractivity contribution is 5.68. The van der Waals surface area contributed by atoms with Crippen molar-refractivity contribution in [3.63, 3.8) is 0 Å². The lowest BCUT2D eigenvalue weighted by Gasteiger charge is -2.09. The molecule has 8 heteroatoms. The van der Waals surface area contributed by atoms with Crippen LogP contribution in [-0.4, -0.2) is 14.9 Å². The maximum atomic E-state index is 13.0. The second-order valence-electron chi connectivity index (χ2n) is 5.36. The summed E-state index contributed by atoms with van der Waals surface area (Å²) >= 11 is 0. The number of hydrogen-bond donors (Lipinski definition) is 1. The number of aryl methyl sites for hydroxylation is 1. The first-order chi connectivity index (χ1) is 12.6. The van der Waals surface area contributed by atoms with Crippen LogP contribution in [0, 0.1) is 15.9 Å². The molecule has 0 saturated carbocycles. The van der Waals surface area contributed by atoms with Gasteiger partial charge < -0.3 is 10.1 Å². The van der Waals surface area contributed by atoms with E-state index in [9.17, 15) is 14.5 Å². The Labute approximate surface area is 148 Å². The highest BCUT2D eigenvalue weighted by Crippen LogP contribution is 2.35. The fourth-order valence-corrected chi connectivity index (χ4v) is 2.27. The van der Waals surface area contributed by atoms with Crippen molar-refractivity contribution >= 4 is 17.2 Å². The third kappa shape index (κ3) is 3.92. The molecular weight excluding hydrogens is 339 g/mol. The molecule has 0 aliphatic rings. The van der Waals surface area contributed by atoms with Crippen molar-refractivity contribution in [2.75, 3.05) is 5.32 Å². The molecule has 2 aromatic carbocycles. The zero-order chi connectivity index (χ0) is 18.5. The quantitative estimate of drug-likeness (QED) is 0.513. The number of aromatic nitrogens is 2. The summed E-state index contributed by atoms with van der Waals surface area (Å²) in [5, 5.41) is 14.3. The number of anilines is 2. The van der Waals surface area contributed by atoms with Crippen LogP contribution in [0.2, 0.25) is 0 Å². The summed E-state index contributed by atoms with van der Waals surface area (Å²) in [7, 11) is 0. The minimum absolute atomic E-state index is 0.0446. The molecule has 3 rings (SSSR count). The van der Waals surface area contributed by atoms with Gasteiger partial charge in [0.15, 0.2) is 0 Å². The average molecular weight is 354 g/mol. The Kier molecular flexibility index (Phi) is 5.02. The smallest absolute Gasteiger partial charge is 0.373 e. The average Bonchev–Trinajstić information content (AvgIpc) is 2.64. The van der Waals surface area contributed by atoms with Gasteiger partial charge in [-0.3, -0.25) is 10.1 Å². The molecule has 7 nitrogen and oxygen atoms in total. The summed E-state index contributed by atoms with van der Waals surface area (Å²) < 4.78 is 18.6. The highest BCUT2D eigenvalue weighted by atomic mass is 19.1. The largest absolute Gasteiger partial charge is 0.434 e. The maximum absolute atomic E-state index is 13.0. The Morgan fingerprint density at radius 3 is 2.42 bits per heavy atom. The van der Waals surface area contributed by atoms with Crippen molar-refractivity contribution in [3.8, 4) is 11.6 Å². The Balaban J connectivity index is 1.92. The van der Waals surface area contributed by atoms with Crippen molar-refractivity contribution < 1.29 is 14.1 Å². The van der Waals surface area contributed by atoms with Gasteiger partial charge in [-0.15, -0.1) is 0 Å². The lowest BCUT2D eigenvalue weighted by Crippen LogP contribution is -2.03. The van der Waals surface area contributed by atoms with Crippen LogP contribution in [0.5, 0.6) is 11.6 Å². The first-order valence-electron chi connectivity index (χ1n) is 7.85. The molecule has 1 aromatic heterocycles. The van der Waals surface area contributed by atoms with Crippen LogP contribution >= 0.6 is 0 Å². The summed E-state index contributed by atoms with van der Waals surface area (Å²) in [5.74, 6) is -0.209. The molecule has 0 aliphatic heterocycles. The number of benzene rings is 2. The van der Waals surface area contributed by atoms with Gasteiger partial charge in [-0.05, 0) is 48.4 Å². The highest BCUT2D eigenvalue weighted by Gasteiger charge is 2.25. The molecule has 0 unspecified atom stereocenters. The zero-order valence-corrected chi connectivity index (χ0v) is 13.8. The first kappa shape index (κ1) is 17.3. The fourth-order valence-electron chi connectivity index (χ4n) is 2.27. The van der Waals surface area contributed by atoms with E-state index < -0.39 is 16.4 Å². The third-order valence-electron chi connectivity index (χ3n) is 3.62. The Hall–Kier alpha value is -3.55. The summed E-state index contributed by atoms with van der Waals surface area (Å²) in [6.45, 7) is 2.03. The van der Waals surface area contributed by atoms with E-state index in [-0.39, 0.29) is 11.7 Å². The van der Waals surface area contributed by atoms with Gasteiger partial charge in [0.05, 0.1) is 4.92 Å². The van der Waals surface area contributed by atoms with Crippen LogP contribution < -0.4 is 10.1 Å². The van der Waals surface area contributed by atoms with Crippen LogP contribution in [0.15, 0.2) is 54.9 Å². The fraction of sp³-hybridized carbons (Fsp3) is 0.111. The SMILES string of the molecule is CCc1ccc(Oc2ncnc(Nc3ccc(F)cc3)c2[N+](=O)[O-])cc1. The zero-order valence-electron chi connectivity index (χ0n) is 13.8. The normalized spacial score (nSPS) is 10.4. The van der Waals surface area contributed by atoms with Gasteiger partial charge in [-0.25, -0.2) is 9.37 Å². The molecule has 0 bridgehead atoms. The summed E-state index contributed by atoms with van der Waals surface area (Å²) in [6.07, 6.45) is 2.04. The van der Waals surface area contributed by atoms with Gasteiger partial charge in [0.1, 0.15) is 17.9 Å². The van der Waals surface area contributed by atoms with E-state index >= 15 is 0 Å². The molecule has 0 radical (unpaired) electrons. The van der Waals surface area contributed by atoms with E-state index in [1.807, 2.05) is 19.1 Å². The Morgan fingerprint density at radius 1 is 1.12 bits per heavy atom. The van der Waals surface area contributed by atoms with Gasteiger partial charge in [0, 0.05) is 5.69 Å².